The SMILES string of the molecule is Cc1cccc(S(=O)(=O)NC(CN)C2CCCCC2)c1F. The van der Waals surface area contributed by atoms with E-state index in [9.17, 15) is 12.8 Å². The number of benzene rings is 1. The number of nitrogens with two attached hydrogens (primary N) is 1. The predicted molar refractivity (Wildman–Crippen MR) is 80.9 cm³/mol. The minimum absolute atomic E-state index is 0.233. The van der Waals surface area contributed by atoms with Gasteiger partial charge in [-0.05, 0) is 37.3 Å². The van der Waals surface area contributed by atoms with Gasteiger partial charge in [-0.15, -0.1) is 0 Å². The molecule has 0 heterocycles. The molecule has 1 aromatic rings. The summed E-state index contributed by atoms with van der Waals surface area (Å²) in [5.74, 6) is -0.448. The van der Waals surface area contributed by atoms with E-state index >= 15 is 0 Å². The fourth-order valence-electron chi connectivity index (χ4n) is 2.96. The average Bonchev–Trinajstić information content (AvgIpc) is 2.48. The number of rotatable bonds is 5. The maximum atomic E-state index is 14.0. The van der Waals surface area contributed by atoms with Crippen LogP contribution >= 0.6 is 0 Å². The molecule has 1 unspecified atom stereocenters. The van der Waals surface area contributed by atoms with Crippen molar-refractivity contribution in [1.82, 2.24) is 4.72 Å². The van der Waals surface area contributed by atoms with Gasteiger partial charge in [-0.3, -0.25) is 0 Å². The summed E-state index contributed by atoms with van der Waals surface area (Å²) in [6, 6.07) is 4.07. The molecular weight excluding hydrogens is 291 g/mol. The Morgan fingerprint density at radius 2 is 2.00 bits per heavy atom. The zero-order chi connectivity index (χ0) is 15.5. The van der Waals surface area contributed by atoms with Crippen LogP contribution in [0.3, 0.4) is 0 Å². The summed E-state index contributed by atoms with van der Waals surface area (Å²) in [5.41, 5.74) is 6.06. The van der Waals surface area contributed by atoms with E-state index in [1.165, 1.54) is 12.5 Å². The molecule has 1 atom stereocenters. The van der Waals surface area contributed by atoms with Crippen molar-refractivity contribution in [2.45, 2.75) is 50.0 Å². The molecule has 0 aromatic heterocycles. The van der Waals surface area contributed by atoms with Gasteiger partial charge >= 0.3 is 0 Å². The monoisotopic (exact) mass is 314 g/mol. The van der Waals surface area contributed by atoms with Crippen LogP contribution in [0, 0.1) is 18.7 Å². The van der Waals surface area contributed by atoms with E-state index < -0.39 is 15.8 Å². The lowest BCUT2D eigenvalue weighted by atomic mass is 9.84. The number of nitrogens with one attached hydrogen (secondary N) is 1. The summed E-state index contributed by atoms with van der Waals surface area (Å²) in [6.07, 6.45) is 5.33. The topological polar surface area (TPSA) is 72.2 Å². The highest BCUT2D eigenvalue weighted by Gasteiger charge is 2.29. The molecule has 0 spiro atoms. The molecule has 0 saturated heterocycles. The third kappa shape index (κ3) is 3.81. The third-order valence-electron chi connectivity index (χ3n) is 4.23. The molecule has 2 rings (SSSR count). The number of hydrogen-bond acceptors (Lipinski definition) is 3. The van der Waals surface area contributed by atoms with Gasteiger partial charge in [-0.25, -0.2) is 17.5 Å². The Hall–Kier alpha value is -0.980. The molecule has 0 aliphatic heterocycles. The van der Waals surface area contributed by atoms with Crippen LogP contribution in [0.15, 0.2) is 23.1 Å². The largest absolute Gasteiger partial charge is 0.329 e. The summed E-state index contributed by atoms with van der Waals surface area (Å²) in [7, 11) is -3.88. The fraction of sp³-hybridized carbons (Fsp3) is 0.600. The van der Waals surface area contributed by atoms with Crippen LogP contribution in [0.4, 0.5) is 4.39 Å². The van der Waals surface area contributed by atoms with Crippen molar-refractivity contribution in [3.8, 4) is 0 Å². The van der Waals surface area contributed by atoms with Crippen molar-refractivity contribution < 1.29 is 12.8 Å². The Labute approximate surface area is 126 Å². The van der Waals surface area contributed by atoms with Crippen molar-refractivity contribution in [2.75, 3.05) is 6.54 Å². The number of halogens is 1. The van der Waals surface area contributed by atoms with Crippen LogP contribution in [-0.4, -0.2) is 21.0 Å². The van der Waals surface area contributed by atoms with E-state index in [0.29, 0.717) is 5.56 Å². The lowest BCUT2D eigenvalue weighted by molar-refractivity contribution is 0.294. The second-order valence-electron chi connectivity index (χ2n) is 5.75. The van der Waals surface area contributed by atoms with Crippen LogP contribution in [0.5, 0.6) is 0 Å². The minimum Gasteiger partial charge on any atom is -0.329 e. The lowest BCUT2D eigenvalue weighted by Gasteiger charge is -2.29. The van der Waals surface area contributed by atoms with E-state index in [1.807, 2.05) is 0 Å². The molecule has 6 heteroatoms. The van der Waals surface area contributed by atoms with Gasteiger partial charge in [0, 0.05) is 12.6 Å². The normalized spacial score (nSPS) is 18.6. The molecule has 1 aromatic carbocycles. The summed E-state index contributed by atoms with van der Waals surface area (Å²) in [5, 5.41) is 0. The van der Waals surface area contributed by atoms with Crippen molar-refractivity contribution in [2.24, 2.45) is 11.7 Å². The Morgan fingerprint density at radius 1 is 1.33 bits per heavy atom. The van der Waals surface area contributed by atoms with Gasteiger partial charge in [-0.2, -0.15) is 0 Å². The van der Waals surface area contributed by atoms with Crippen molar-refractivity contribution in [1.29, 1.82) is 0 Å². The van der Waals surface area contributed by atoms with Crippen LogP contribution in [0.1, 0.15) is 37.7 Å². The second kappa shape index (κ2) is 6.85. The molecule has 0 amide bonds. The van der Waals surface area contributed by atoms with Gasteiger partial charge in [0.1, 0.15) is 10.7 Å². The summed E-state index contributed by atoms with van der Waals surface area (Å²) >= 11 is 0. The predicted octanol–water partition coefficient (Wildman–Crippen LogP) is 2.32. The van der Waals surface area contributed by atoms with Crippen LogP contribution < -0.4 is 10.5 Å². The van der Waals surface area contributed by atoms with E-state index in [-0.39, 0.29) is 23.4 Å². The lowest BCUT2D eigenvalue weighted by Crippen LogP contribution is -2.46. The Bertz CT molecular complexity index is 583. The molecule has 1 saturated carbocycles. The molecule has 3 N–H and O–H groups in total. The van der Waals surface area contributed by atoms with Gasteiger partial charge < -0.3 is 5.73 Å². The smallest absolute Gasteiger partial charge is 0.243 e. The first-order valence-electron chi connectivity index (χ1n) is 7.43. The third-order valence-corrected chi connectivity index (χ3v) is 5.73. The molecule has 0 bridgehead atoms. The Kier molecular flexibility index (Phi) is 5.35. The average molecular weight is 314 g/mol. The zero-order valence-electron chi connectivity index (χ0n) is 12.3. The van der Waals surface area contributed by atoms with Crippen LogP contribution in [0.25, 0.3) is 0 Å². The summed E-state index contributed by atoms with van der Waals surface area (Å²) in [4.78, 5) is -0.295. The van der Waals surface area contributed by atoms with E-state index in [0.717, 1.165) is 25.7 Å². The summed E-state index contributed by atoms with van der Waals surface area (Å²) in [6.45, 7) is 1.78. The fourth-order valence-corrected chi connectivity index (χ4v) is 4.43. The van der Waals surface area contributed by atoms with E-state index in [4.69, 9.17) is 5.73 Å². The Balaban J connectivity index is 2.20. The first-order valence-corrected chi connectivity index (χ1v) is 8.91. The molecule has 1 fully saturated rings. The zero-order valence-corrected chi connectivity index (χ0v) is 13.1. The molecule has 1 aliphatic rings. The maximum Gasteiger partial charge on any atom is 0.243 e. The highest BCUT2D eigenvalue weighted by atomic mass is 32.2. The van der Waals surface area contributed by atoms with Crippen LogP contribution in [-0.2, 0) is 10.0 Å². The molecular formula is C15H23FN2O2S. The van der Waals surface area contributed by atoms with Crippen molar-refractivity contribution in [3.05, 3.63) is 29.6 Å². The highest BCUT2D eigenvalue weighted by Crippen LogP contribution is 2.27. The van der Waals surface area contributed by atoms with Crippen molar-refractivity contribution >= 4 is 10.0 Å². The van der Waals surface area contributed by atoms with Crippen LogP contribution in [0.2, 0.25) is 0 Å². The Morgan fingerprint density at radius 3 is 2.62 bits per heavy atom. The minimum atomic E-state index is -3.88. The molecule has 4 nitrogen and oxygen atoms in total. The molecule has 21 heavy (non-hydrogen) atoms. The quantitative estimate of drug-likeness (QED) is 0.876. The second-order valence-corrected chi connectivity index (χ2v) is 7.43. The van der Waals surface area contributed by atoms with Gasteiger partial charge in [0.2, 0.25) is 10.0 Å². The van der Waals surface area contributed by atoms with E-state index in [2.05, 4.69) is 4.72 Å². The molecule has 1 aliphatic carbocycles. The molecule has 118 valence electrons. The first kappa shape index (κ1) is 16.4. The highest BCUT2D eigenvalue weighted by molar-refractivity contribution is 7.89. The maximum absolute atomic E-state index is 14.0. The van der Waals surface area contributed by atoms with Crippen molar-refractivity contribution in [3.63, 3.8) is 0 Å². The standard InChI is InChI=1S/C15H23FN2O2S/c1-11-6-5-9-14(15(11)16)21(19,20)18-13(10-17)12-7-3-2-4-8-12/h5-6,9,12-13,18H,2-4,7-8,10,17H2,1H3. The molecule has 0 radical (unpaired) electrons. The van der Waals surface area contributed by atoms with Gasteiger partial charge in [-0.1, -0.05) is 31.4 Å². The summed E-state index contributed by atoms with van der Waals surface area (Å²) < 4.78 is 41.5. The van der Waals surface area contributed by atoms with Gasteiger partial charge in [0.15, 0.2) is 0 Å². The van der Waals surface area contributed by atoms with Gasteiger partial charge in [0.25, 0.3) is 0 Å². The number of aryl methyl sites for hydroxylation is 1. The number of sulfonamides is 1. The first-order chi connectivity index (χ1) is 9.95. The van der Waals surface area contributed by atoms with Gasteiger partial charge in [0.05, 0.1) is 0 Å². The van der Waals surface area contributed by atoms with E-state index in [1.54, 1.807) is 19.1 Å². The number of hydrogen-bond donors (Lipinski definition) is 2.